The second-order valence-corrected chi connectivity index (χ2v) is 5.41. The van der Waals surface area contributed by atoms with Crippen LogP contribution in [0.15, 0.2) is 24.3 Å². The molecule has 0 saturated heterocycles. The SMILES string of the molecule is CC(C)(C)OC(=O)Oc1cccc(C2CC2)c1. The maximum Gasteiger partial charge on any atom is 0.514 e. The standard InChI is InChI=1S/C14H18O3/c1-14(2,3)17-13(15)16-12-6-4-5-11(9-12)10-7-8-10/h4-6,9-10H,7-8H2,1-3H3. The number of carbonyl (C=O) groups excluding carboxylic acids is 1. The minimum absolute atomic E-state index is 0.523. The van der Waals surface area contributed by atoms with E-state index in [2.05, 4.69) is 6.07 Å². The number of carbonyl (C=O) groups is 1. The van der Waals surface area contributed by atoms with E-state index in [1.54, 1.807) is 6.07 Å². The first-order chi connectivity index (χ1) is 7.94. The van der Waals surface area contributed by atoms with Crippen LogP contribution in [0.25, 0.3) is 0 Å². The van der Waals surface area contributed by atoms with Crippen LogP contribution < -0.4 is 4.74 Å². The monoisotopic (exact) mass is 234 g/mol. The number of benzene rings is 1. The van der Waals surface area contributed by atoms with E-state index < -0.39 is 11.8 Å². The molecule has 1 aliphatic carbocycles. The van der Waals surface area contributed by atoms with Crippen LogP contribution in [0.1, 0.15) is 45.1 Å². The summed E-state index contributed by atoms with van der Waals surface area (Å²) in [6, 6.07) is 7.67. The minimum atomic E-state index is -0.648. The lowest BCUT2D eigenvalue weighted by molar-refractivity contribution is 0.0206. The second-order valence-electron chi connectivity index (χ2n) is 5.41. The van der Waals surface area contributed by atoms with Gasteiger partial charge in [0, 0.05) is 0 Å². The van der Waals surface area contributed by atoms with E-state index in [4.69, 9.17) is 9.47 Å². The maximum absolute atomic E-state index is 11.5. The van der Waals surface area contributed by atoms with Crippen molar-refractivity contribution in [3.8, 4) is 5.75 Å². The highest BCUT2D eigenvalue weighted by atomic mass is 16.7. The van der Waals surface area contributed by atoms with E-state index in [-0.39, 0.29) is 0 Å². The van der Waals surface area contributed by atoms with Gasteiger partial charge in [-0.05, 0) is 57.2 Å². The molecule has 0 spiro atoms. The molecular weight excluding hydrogens is 216 g/mol. The largest absolute Gasteiger partial charge is 0.514 e. The van der Waals surface area contributed by atoms with E-state index in [1.807, 2.05) is 32.9 Å². The predicted molar refractivity (Wildman–Crippen MR) is 65.3 cm³/mol. The summed E-state index contributed by atoms with van der Waals surface area (Å²) in [4.78, 5) is 11.5. The molecule has 3 heteroatoms. The van der Waals surface area contributed by atoms with Crippen LogP contribution in [0.2, 0.25) is 0 Å². The molecule has 1 aliphatic rings. The third-order valence-electron chi connectivity index (χ3n) is 2.50. The summed E-state index contributed by atoms with van der Waals surface area (Å²) in [6.07, 6.45) is 1.82. The second kappa shape index (κ2) is 4.40. The number of hydrogen-bond donors (Lipinski definition) is 0. The van der Waals surface area contributed by atoms with Crippen molar-refractivity contribution in [1.82, 2.24) is 0 Å². The van der Waals surface area contributed by atoms with Crippen molar-refractivity contribution in [1.29, 1.82) is 0 Å². The Hall–Kier alpha value is -1.51. The Bertz CT molecular complexity index is 414. The van der Waals surface area contributed by atoms with Crippen LogP contribution in [-0.2, 0) is 4.74 Å². The molecule has 0 atom stereocenters. The molecule has 1 saturated carbocycles. The highest BCUT2D eigenvalue weighted by Gasteiger charge is 2.24. The summed E-state index contributed by atoms with van der Waals surface area (Å²) >= 11 is 0. The first-order valence-electron chi connectivity index (χ1n) is 5.95. The molecule has 1 aromatic carbocycles. The molecule has 0 N–H and O–H groups in total. The fourth-order valence-electron chi connectivity index (χ4n) is 1.62. The first-order valence-corrected chi connectivity index (χ1v) is 5.95. The zero-order chi connectivity index (χ0) is 12.5. The third-order valence-corrected chi connectivity index (χ3v) is 2.50. The zero-order valence-corrected chi connectivity index (χ0v) is 10.5. The molecule has 1 fully saturated rings. The number of rotatable bonds is 2. The Labute approximate surface area is 102 Å². The molecule has 0 bridgehead atoms. The Balaban J connectivity index is 1.98. The molecule has 0 aromatic heterocycles. The molecule has 0 heterocycles. The molecule has 0 aliphatic heterocycles. The quantitative estimate of drug-likeness (QED) is 0.575. The van der Waals surface area contributed by atoms with E-state index in [1.165, 1.54) is 18.4 Å². The zero-order valence-electron chi connectivity index (χ0n) is 10.5. The van der Waals surface area contributed by atoms with Gasteiger partial charge < -0.3 is 9.47 Å². The summed E-state index contributed by atoms with van der Waals surface area (Å²) in [5.41, 5.74) is 0.719. The fraction of sp³-hybridized carbons (Fsp3) is 0.500. The number of hydrogen-bond acceptors (Lipinski definition) is 3. The average molecular weight is 234 g/mol. The molecule has 1 aromatic rings. The summed E-state index contributed by atoms with van der Waals surface area (Å²) in [7, 11) is 0. The minimum Gasteiger partial charge on any atom is -0.428 e. The van der Waals surface area contributed by atoms with Crippen molar-refractivity contribution < 1.29 is 14.3 Å². The van der Waals surface area contributed by atoms with Crippen LogP contribution >= 0.6 is 0 Å². The Kier molecular flexibility index (Phi) is 3.09. The van der Waals surface area contributed by atoms with Crippen molar-refractivity contribution in [3.63, 3.8) is 0 Å². The maximum atomic E-state index is 11.5. The smallest absolute Gasteiger partial charge is 0.428 e. The summed E-state index contributed by atoms with van der Waals surface area (Å²) in [5, 5.41) is 0. The molecule has 3 nitrogen and oxygen atoms in total. The molecule has 92 valence electrons. The molecule has 2 rings (SSSR count). The van der Waals surface area contributed by atoms with E-state index >= 15 is 0 Å². The summed E-state index contributed by atoms with van der Waals surface area (Å²) in [6.45, 7) is 5.44. The van der Waals surface area contributed by atoms with Gasteiger partial charge in [-0.3, -0.25) is 0 Å². The third kappa shape index (κ3) is 3.77. The Morgan fingerprint density at radius 2 is 2.00 bits per heavy atom. The van der Waals surface area contributed by atoms with Gasteiger partial charge in [-0.1, -0.05) is 12.1 Å². The van der Waals surface area contributed by atoms with Crippen molar-refractivity contribution in [2.45, 2.75) is 45.1 Å². The van der Waals surface area contributed by atoms with Gasteiger partial charge in [-0.2, -0.15) is 0 Å². The topological polar surface area (TPSA) is 35.5 Å². The lowest BCUT2D eigenvalue weighted by Gasteiger charge is -2.18. The van der Waals surface area contributed by atoms with Crippen molar-refractivity contribution >= 4 is 6.16 Å². The van der Waals surface area contributed by atoms with Crippen LogP contribution in [0, 0.1) is 0 Å². The van der Waals surface area contributed by atoms with Crippen LogP contribution in [0.5, 0.6) is 5.75 Å². The number of ether oxygens (including phenoxy) is 2. The molecule has 0 amide bonds. The van der Waals surface area contributed by atoms with Crippen molar-refractivity contribution in [2.24, 2.45) is 0 Å². The van der Waals surface area contributed by atoms with E-state index in [9.17, 15) is 4.79 Å². The molecule has 0 radical (unpaired) electrons. The lowest BCUT2D eigenvalue weighted by Crippen LogP contribution is -2.25. The van der Waals surface area contributed by atoms with Crippen LogP contribution in [0.4, 0.5) is 4.79 Å². The highest BCUT2D eigenvalue weighted by molar-refractivity contribution is 5.64. The summed E-state index contributed by atoms with van der Waals surface area (Å²) < 4.78 is 10.2. The van der Waals surface area contributed by atoms with Gasteiger partial charge >= 0.3 is 6.16 Å². The van der Waals surface area contributed by atoms with Crippen molar-refractivity contribution in [3.05, 3.63) is 29.8 Å². The van der Waals surface area contributed by atoms with Gasteiger partial charge in [0.15, 0.2) is 0 Å². The van der Waals surface area contributed by atoms with Crippen molar-refractivity contribution in [2.75, 3.05) is 0 Å². The predicted octanol–water partition coefficient (Wildman–Crippen LogP) is 3.88. The van der Waals surface area contributed by atoms with Crippen LogP contribution in [0.3, 0.4) is 0 Å². The van der Waals surface area contributed by atoms with Gasteiger partial charge in [0.2, 0.25) is 0 Å². The van der Waals surface area contributed by atoms with Gasteiger partial charge in [0.25, 0.3) is 0 Å². The first kappa shape index (κ1) is 12.0. The Morgan fingerprint density at radius 3 is 2.59 bits per heavy atom. The lowest BCUT2D eigenvalue weighted by atomic mass is 10.1. The average Bonchev–Trinajstić information content (AvgIpc) is 2.97. The van der Waals surface area contributed by atoms with Gasteiger partial charge in [-0.15, -0.1) is 0 Å². The molecule has 0 unspecified atom stereocenters. The van der Waals surface area contributed by atoms with Gasteiger partial charge in [0.1, 0.15) is 11.4 Å². The fourth-order valence-corrected chi connectivity index (χ4v) is 1.62. The van der Waals surface area contributed by atoms with Crippen LogP contribution in [-0.4, -0.2) is 11.8 Å². The van der Waals surface area contributed by atoms with E-state index in [0.717, 1.165) is 0 Å². The summed E-state index contributed by atoms with van der Waals surface area (Å²) in [5.74, 6) is 1.21. The molecule has 17 heavy (non-hydrogen) atoms. The Morgan fingerprint density at radius 1 is 1.29 bits per heavy atom. The van der Waals surface area contributed by atoms with E-state index in [0.29, 0.717) is 11.7 Å². The highest BCUT2D eigenvalue weighted by Crippen LogP contribution is 2.40. The van der Waals surface area contributed by atoms with Gasteiger partial charge in [0.05, 0.1) is 0 Å². The van der Waals surface area contributed by atoms with Gasteiger partial charge in [-0.25, -0.2) is 4.79 Å². The normalized spacial score (nSPS) is 15.5. The molecular formula is C14H18O3.